The summed E-state index contributed by atoms with van der Waals surface area (Å²) in [6, 6.07) is 9.55. The van der Waals surface area contributed by atoms with Crippen LogP contribution in [0, 0.1) is 0 Å². The lowest BCUT2D eigenvalue weighted by Crippen LogP contribution is -2.30. The van der Waals surface area contributed by atoms with E-state index in [9.17, 15) is 13.6 Å². The van der Waals surface area contributed by atoms with Crippen molar-refractivity contribution >= 4 is 5.91 Å². The molecule has 2 rings (SSSR count). The molecule has 0 aliphatic rings. The minimum Gasteiger partial charge on any atom is -0.482 e. The van der Waals surface area contributed by atoms with Gasteiger partial charge in [0.05, 0.1) is 6.20 Å². The SMILES string of the molecule is CN(Cc1ccc(OC(F)F)cc1)C(=O)COc1cccnc1. The van der Waals surface area contributed by atoms with Gasteiger partial charge in [0.25, 0.3) is 5.91 Å². The fraction of sp³-hybridized carbons (Fsp3) is 0.250. The molecule has 0 atom stereocenters. The number of alkyl halides is 2. The number of pyridine rings is 1. The lowest BCUT2D eigenvalue weighted by atomic mass is 10.2. The molecule has 23 heavy (non-hydrogen) atoms. The first kappa shape index (κ1) is 16.7. The van der Waals surface area contributed by atoms with Crippen molar-refractivity contribution in [3.8, 4) is 11.5 Å². The molecule has 1 aromatic carbocycles. The van der Waals surface area contributed by atoms with Gasteiger partial charge in [0, 0.05) is 19.8 Å². The van der Waals surface area contributed by atoms with Crippen molar-refractivity contribution in [2.24, 2.45) is 0 Å². The van der Waals surface area contributed by atoms with E-state index in [-0.39, 0.29) is 18.3 Å². The summed E-state index contributed by atoms with van der Waals surface area (Å²) in [5, 5.41) is 0. The molecule has 122 valence electrons. The van der Waals surface area contributed by atoms with Gasteiger partial charge in [0.15, 0.2) is 6.61 Å². The maximum absolute atomic E-state index is 12.1. The third kappa shape index (κ3) is 5.54. The summed E-state index contributed by atoms with van der Waals surface area (Å²) in [6.07, 6.45) is 3.14. The first-order chi connectivity index (χ1) is 11.0. The summed E-state index contributed by atoms with van der Waals surface area (Å²) < 4.78 is 33.7. The topological polar surface area (TPSA) is 51.7 Å². The number of hydrogen-bond acceptors (Lipinski definition) is 4. The first-order valence-corrected chi connectivity index (χ1v) is 6.85. The predicted octanol–water partition coefficient (Wildman–Crippen LogP) is 2.72. The van der Waals surface area contributed by atoms with Crippen LogP contribution in [0.3, 0.4) is 0 Å². The summed E-state index contributed by atoms with van der Waals surface area (Å²) >= 11 is 0. The third-order valence-corrected chi connectivity index (χ3v) is 2.99. The van der Waals surface area contributed by atoms with Gasteiger partial charge < -0.3 is 14.4 Å². The predicted molar refractivity (Wildman–Crippen MR) is 79.3 cm³/mol. The van der Waals surface area contributed by atoms with Crippen molar-refractivity contribution in [1.82, 2.24) is 9.88 Å². The average Bonchev–Trinajstić information content (AvgIpc) is 2.55. The summed E-state index contributed by atoms with van der Waals surface area (Å²) in [5.41, 5.74) is 0.795. The number of amides is 1. The fourth-order valence-electron chi connectivity index (χ4n) is 1.83. The molecule has 1 amide bonds. The maximum atomic E-state index is 12.1. The normalized spacial score (nSPS) is 10.4. The second-order valence-electron chi connectivity index (χ2n) is 4.75. The number of aromatic nitrogens is 1. The highest BCUT2D eigenvalue weighted by Gasteiger charge is 2.11. The van der Waals surface area contributed by atoms with Crippen molar-refractivity contribution in [2.45, 2.75) is 13.2 Å². The van der Waals surface area contributed by atoms with Gasteiger partial charge in [-0.3, -0.25) is 9.78 Å². The fourth-order valence-corrected chi connectivity index (χ4v) is 1.83. The minimum atomic E-state index is -2.85. The molecule has 0 aliphatic carbocycles. The minimum absolute atomic E-state index is 0.0811. The molecule has 0 spiro atoms. The smallest absolute Gasteiger partial charge is 0.387 e. The Bertz CT molecular complexity index is 621. The quantitative estimate of drug-likeness (QED) is 0.786. The monoisotopic (exact) mass is 322 g/mol. The highest BCUT2D eigenvalue weighted by molar-refractivity contribution is 5.77. The van der Waals surface area contributed by atoms with Gasteiger partial charge in [-0.25, -0.2) is 0 Å². The zero-order chi connectivity index (χ0) is 16.7. The Kier molecular flexibility index (Phi) is 5.85. The number of likely N-dealkylation sites (N-methyl/N-ethyl adjacent to an activating group) is 1. The molecule has 0 bridgehead atoms. The Hall–Kier alpha value is -2.70. The summed E-state index contributed by atoms with van der Waals surface area (Å²) in [6.45, 7) is -2.62. The number of carbonyl (C=O) groups is 1. The lowest BCUT2D eigenvalue weighted by Gasteiger charge is -2.17. The van der Waals surface area contributed by atoms with Gasteiger partial charge in [-0.15, -0.1) is 0 Å². The van der Waals surface area contributed by atoms with E-state index in [0.717, 1.165) is 5.56 Å². The molecular formula is C16H16F2N2O3. The second-order valence-corrected chi connectivity index (χ2v) is 4.75. The Morgan fingerprint density at radius 3 is 2.57 bits per heavy atom. The Morgan fingerprint density at radius 1 is 1.22 bits per heavy atom. The molecule has 0 N–H and O–H groups in total. The highest BCUT2D eigenvalue weighted by Crippen LogP contribution is 2.16. The molecule has 5 nitrogen and oxygen atoms in total. The summed E-state index contributed by atoms with van der Waals surface area (Å²) in [7, 11) is 1.64. The van der Waals surface area contributed by atoms with Crippen molar-refractivity contribution in [3.05, 3.63) is 54.4 Å². The van der Waals surface area contributed by atoms with Gasteiger partial charge in [-0.2, -0.15) is 8.78 Å². The molecule has 1 heterocycles. The van der Waals surface area contributed by atoms with Crippen LogP contribution >= 0.6 is 0 Å². The summed E-state index contributed by atoms with van der Waals surface area (Å²) in [4.78, 5) is 17.4. The highest BCUT2D eigenvalue weighted by atomic mass is 19.3. The number of halogens is 2. The molecular weight excluding hydrogens is 306 g/mol. The van der Waals surface area contributed by atoms with Gasteiger partial charge in [-0.05, 0) is 29.8 Å². The number of ether oxygens (including phenoxy) is 2. The van der Waals surface area contributed by atoms with E-state index < -0.39 is 6.61 Å². The van der Waals surface area contributed by atoms with Crippen LogP contribution in [-0.2, 0) is 11.3 Å². The lowest BCUT2D eigenvalue weighted by molar-refractivity contribution is -0.132. The Balaban J connectivity index is 1.83. The largest absolute Gasteiger partial charge is 0.482 e. The first-order valence-electron chi connectivity index (χ1n) is 6.85. The van der Waals surface area contributed by atoms with Crippen molar-refractivity contribution in [3.63, 3.8) is 0 Å². The van der Waals surface area contributed by atoms with E-state index in [4.69, 9.17) is 4.74 Å². The zero-order valence-electron chi connectivity index (χ0n) is 12.5. The number of benzene rings is 1. The molecule has 0 fully saturated rings. The molecule has 0 unspecified atom stereocenters. The molecule has 2 aromatic rings. The number of carbonyl (C=O) groups excluding carboxylic acids is 1. The van der Waals surface area contributed by atoms with Crippen molar-refractivity contribution < 1.29 is 23.0 Å². The summed E-state index contributed by atoms with van der Waals surface area (Å²) in [5.74, 6) is 0.391. The number of rotatable bonds is 7. The molecule has 1 aromatic heterocycles. The Morgan fingerprint density at radius 2 is 1.96 bits per heavy atom. The number of nitrogens with zero attached hydrogens (tertiary/aromatic N) is 2. The van der Waals surface area contributed by atoms with Crippen LogP contribution < -0.4 is 9.47 Å². The van der Waals surface area contributed by atoms with Gasteiger partial charge in [0.2, 0.25) is 0 Å². The van der Waals surface area contributed by atoms with Crippen LogP contribution in [0.1, 0.15) is 5.56 Å². The van der Waals surface area contributed by atoms with Crippen molar-refractivity contribution in [2.75, 3.05) is 13.7 Å². The zero-order valence-corrected chi connectivity index (χ0v) is 12.5. The Labute approximate surface area is 132 Å². The van der Waals surface area contributed by atoms with Gasteiger partial charge in [0.1, 0.15) is 11.5 Å². The van der Waals surface area contributed by atoms with Crippen LogP contribution in [-0.4, -0.2) is 36.1 Å². The van der Waals surface area contributed by atoms with E-state index >= 15 is 0 Å². The molecule has 0 radical (unpaired) electrons. The molecule has 0 saturated carbocycles. The van der Waals surface area contributed by atoms with Crippen LogP contribution in [0.15, 0.2) is 48.8 Å². The second kappa shape index (κ2) is 8.07. The van der Waals surface area contributed by atoms with Crippen LogP contribution in [0.5, 0.6) is 11.5 Å². The van der Waals surface area contributed by atoms with E-state index in [0.29, 0.717) is 12.3 Å². The number of hydrogen-bond donors (Lipinski definition) is 0. The van der Waals surface area contributed by atoms with E-state index in [1.54, 1.807) is 37.5 Å². The third-order valence-electron chi connectivity index (χ3n) is 2.99. The van der Waals surface area contributed by atoms with Crippen LogP contribution in [0.2, 0.25) is 0 Å². The van der Waals surface area contributed by atoms with Gasteiger partial charge in [-0.1, -0.05) is 12.1 Å². The van der Waals surface area contributed by atoms with Crippen LogP contribution in [0.25, 0.3) is 0 Å². The maximum Gasteiger partial charge on any atom is 0.387 e. The van der Waals surface area contributed by atoms with E-state index in [1.807, 2.05) is 0 Å². The van der Waals surface area contributed by atoms with E-state index in [2.05, 4.69) is 9.72 Å². The molecule has 0 saturated heterocycles. The molecule has 7 heteroatoms. The van der Waals surface area contributed by atoms with Crippen LogP contribution in [0.4, 0.5) is 8.78 Å². The standard InChI is InChI=1S/C16H16F2N2O3/c1-20(15(21)11-22-14-3-2-8-19-9-14)10-12-4-6-13(7-5-12)23-16(17)18/h2-9,16H,10-11H2,1H3. The average molecular weight is 322 g/mol. The van der Waals surface area contributed by atoms with Crippen molar-refractivity contribution in [1.29, 1.82) is 0 Å². The molecule has 0 aliphatic heterocycles. The van der Waals surface area contributed by atoms with Gasteiger partial charge >= 0.3 is 6.61 Å². The van der Waals surface area contributed by atoms with E-state index in [1.165, 1.54) is 23.2 Å².